The molecule has 3 N–H and O–H groups in total. The summed E-state index contributed by atoms with van der Waals surface area (Å²) in [4.78, 5) is 11.1. The van der Waals surface area contributed by atoms with Gasteiger partial charge in [-0.1, -0.05) is 17.7 Å². The van der Waals surface area contributed by atoms with Gasteiger partial charge in [-0.3, -0.25) is 0 Å². The van der Waals surface area contributed by atoms with Gasteiger partial charge < -0.3 is 10.4 Å². The Balaban J connectivity index is 2.19. The highest BCUT2D eigenvalue weighted by molar-refractivity contribution is 7.89. The molecule has 6 nitrogen and oxygen atoms in total. The van der Waals surface area contributed by atoms with Gasteiger partial charge in [-0.05, 0) is 50.3 Å². The van der Waals surface area contributed by atoms with E-state index in [0.717, 1.165) is 19.3 Å². The summed E-state index contributed by atoms with van der Waals surface area (Å²) in [5, 5.41) is 12.3. The number of carboxylic acids is 1. The van der Waals surface area contributed by atoms with E-state index >= 15 is 0 Å². The van der Waals surface area contributed by atoms with E-state index in [4.69, 9.17) is 5.11 Å². The summed E-state index contributed by atoms with van der Waals surface area (Å²) < 4.78 is 27.3. The summed E-state index contributed by atoms with van der Waals surface area (Å²) >= 11 is 0. The second kappa shape index (κ2) is 8.82. The zero-order valence-electron chi connectivity index (χ0n) is 14.1. The van der Waals surface area contributed by atoms with E-state index in [0.29, 0.717) is 12.2 Å². The molecule has 0 saturated heterocycles. The van der Waals surface area contributed by atoms with Crippen molar-refractivity contribution >= 4 is 21.7 Å². The standard InChI is InChI=1S/C18H24N2O4S/c1-2-11-20-25(23,24)17-13-15(18(21)22)8-9-16(17)19-12-10-14-6-4-3-5-7-14/h2,6,8-9,13,19-20H,1,3-5,7,10-12H2,(H,21,22). The highest BCUT2D eigenvalue weighted by Crippen LogP contribution is 2.24. The molecule has 0 radical (unpaired) electrons. The number of carbonyl (C=O) groups is 1. The van der Waals surface area contributed by atoms with Crippen LogP contribution in [-0.2, 0) is 10.0 Å². The average Bonchev–Trinajstić information content (AvgIpc) is 2.61. The summed E-state index contributed by atoms with van der Waals surface area (Å²) in [6.07, 6.45) is 9.15. The fourth-order valence-electron chi connectivity index (χ4n) is 2.76. The van der Waals surface area contributed by atoms with Gasteiger partial charge in [-0.2, -0.15) is 0 Å². The van der Waals surface area contributed by atoms with E-state index in [1.54, 1.807) is 0 Å². The zero-order chi connectivity index (χ0) is 18.3. The monoisotopic (exact) mass is 364 g/mol. The number of sulfonamides is 1. The Kier molecular flexibility index (Phi) is 6.78. The molecule has 0 fully saturated rings. The molecule has 1 aromatic carbocycles. The summed E-state index contributed by atoms with van der Waals surface area (Å²) in [6, 6.07) is 4.08. The van der Waals surface area contributed by atoms with Crippen LogP contribution in [-0.4, -0.2) is 32.6 Å². The Morgan fingerprint density at radius 3 is 2.76 bits per heavy atom. The van der Waals surface area contributed by atoms with Crippen LogP contribution in [0.1, 0.15) is 42.5 Å². The lowest BCUT2D eigenvalue weighted by Gasteiger charge is -2.16. The number of carboxylic acid groups (broad SMARTS) is 1. The van der Waals surface area contributed by atoms with Crippen LogP contribution < -0.4 is 10.0 Å². The smallest absolute Gasteiger partial charge is 0.335 e. The van der Waals surface area contributed by atoms with Crippen LogP contribution in [0.3, 0.4) is 0 Å². The van der Waals surface area contributed by atoms with Crippen LogP contribution in [0.5, 0.6) is 0 Å². The molecule has 2 rings (SSSR count). The van der Waals surface area contributed by atoms with Gasteiger partial charge >= 0.3 is 5.97 Å². The first-order valence-corrected chi connectivity index (χ1v) is 9.82. The van der Waals surface area contributed by atoms with Crippen LogP contribution in [0.2, 0.25) is 0 Å². The van der Waals surface area contributed by atoms with Crippen molar-refractivity contribution in [1.82, 2.24) is 4.72 Å². The molecule has 7 heteroatoms. The molecule has 136 valence electrons. The summed E-state index contributed by atoms with van der Waals surface area (Å²) in [5.74, 6) is -1.17. The quantitative estimate of drug-likeness (QED) is 0.585. The molecule has 0 aliphatic heterocycles. The van der Waals surface area contributed by atoms with E-state index in [-0.39, 0.29) is 17.0 Å². The first-order valence-electron chi connectivity index (χ1n) is 8.33. The lowest BCUT2D eigenvalue weighted by atomic mass is 9.97. The maximum Gasteiger partial charge on any atom is 0.335 e. The van der Waals surface area contributed by atoms with Gasteiger partial charge in [0.2, 0.25) is 10.0 Å². The predicted molar refractivity (Wildman–Crippen MR) is 98.4 cm³/mol. The highest BCUT2D eigenvalue weighted by atomic mass is 32.2. The number of nitrogens with one attached hydrogen (secondary N) is 2. The molecule has 0 amide bonds. The zero-order valence-corrected chi connectivity index (χ0v) is 14.9. The Labute approximate surface area is 148 Å². The minimum absolute atomic E-state index is 0.0631. The average molecular weight is 364 g/mol. The highest BCUT2D eigenvalue weighted by Gasteiger charge is 2.20. The largest absolute Gasteiger partial charge is 0.478 e. The Hall–Kier alpha value is -2.12. The SMILES string of the molecule is C=CCNS(=O)(=O)c1cc(C(=O)O)ccc1NCCC1=CCCCC1. The molecule has 1 aliphatic rings. The van der Waals surface area contributed by atoms with Crippen molar-refractivity contribution in [2.45, 2.75) is 37.0 Å². The summed E-state index contributed by atoms with van der Waals surface area (Å²) in [7, 11) is -3.83. The lowest BCUT2D eigenvalue weighted by Crippen LogP contribution is -2.25. The molecule has 0 spiro atoms. The van der Waals surface area contributed by atoms with Crippen LogP contribution in [0.4, 0.5) is 5.69 Å². The topological polar surface area (TPSA) is 95.5 Å². The molecule has 0 aromatic heterocycles. The Bertz CT molecular complexity index is 769. The molecule has 0 saturated carbocycles. The fourth-order valence-corrected chi connectivity index (χ4v) is 3.96. The van der Waals surface area contributed by atoms with E-state index in [2.05, 4.69) is 22.7 Å². The number of hydrogen-bond donors (Lipinski definition) is 3. The van der Waals surface area contributed by atoms with Crippen molar-refractivity contribution in [3.63, 3.8) is 0 Å². The summed E-state index contributed by atoms with van der Waals surface area (Å²) in [6.45, 7) is 4.16. The second-order valence-corrected chi connectivity index (χ2v) is 7.68. The Morgan fingerprint density at radius 1 is 1.32 bits per heavy atom. The number of anilines is 1. The van der Waals surface area contributed by atoms with E-state index in [1.807, 2.05) is 0 Å². The second-order valence-electron chi connectivity index (χ2n) is 5.94. The van der Waals surface area contributed by atoms with Crippen molar-refractivity contribution in [3.05, 3.63) is 48.1 Å². The molecule has 0 heterocycles. The fraction of sp³-hybridized carbons (Fsp3) is 0.389. The van der Waals surface area contributed by atoms with Crippen LogP contribution in [0, 0.1) is 0 Å². The van der Waals surface area contributed by atoms with Gasteiger partial charge in [-0.25, -0.2) is 17.9 Å². The number of hydrogen-bond acceptors (Lipinski definition) is 4. The van der Waals surface area contributed by atoms with Gasteiger partial charge in [0.1, 0.15) is 4.90 Å². The van der Waals surface area contributed by atoms with E-state index in [9.17, 15) is 13.2 Å². The molecule has 0 bridgehead atoms. The third kappa shape index (κ3) is 5.44. The minimum Gasteiger partial charge on any atom is -0.478 e. The van der Waals surface area contributed by atoms with E-state index in [1.165, 1.54) is 42.7 Å². The third-order valence-electron chi connectivity index (χ3n) is 4.08. The molecule has 0 atom stereocenters. The lowest BCUT2D eigenvalue weighted by molar-refractivity contribution is 0.0696. The first kappa shape index (κ1) is 19.2. The molecule has 25 heavy (non-hydrogen) atoms. The number of benzene rings is 1. The Morgan fingerprint density at radius 2 is 2.12 bits per heavy atom. The van der Waals surface area contributed by atoms with Crippen molar-refractivity contribution in [2.75, 3.05) is 18.4 Å². The van der Waals surface area contributed by atoms with Crippen LogP contribution in [0.15, 0.2) is 47.4 Å². The maximum absolute atomic E-state index is 12.4. The molecular formula is C18H24N2O4S. The number of aromatic carboxylic acids is 1. The number of allylic oxidation sites excluding steroid dienone is 1. The summed E-state index contributed by atoms with van der Waals surface area (Å²) in [5.41, 5.74) is 1.72. The van der Waals surface area contributed by atoms with Gasteiger partial charge in [-0.15, -0.1) is 6.58 Å². The predicted octanol–water partition coefficient (Wildman–Crippen LogP) is 3.15. The maximum atomic E-state index is 12.4. The van der Waals surface area contributed by atoms with Crippen molar-refractivity contribution < 1.29 is 18.3 Å². The minimum atomic E-state index is -3.83. The van der Waals surface area contributed by atoms with Gasteiger partial charge in [0.15, 0.2) is 0 Å². The molecule has 1 aliphatic carbocycles. The first-order chi connectivity index (χ1) is 11.9. The normalized spacial score (nSPS) is 14.6. The molecule has 0 unspecified atom stereocenters. The molecular weight excluding hydrogens is 340 g/mol. The van der Waals surface area contributed by atoms with Crippen molar-refractivity contribution in [3.8, 4) is 0 Å². The van der Waals surface area contributed by atoms with Gasteiger partial charge in [0.25, 0.3) is 0 Å². The van der Waals surface area contributed by atoms with Crippen LogP contribution in [0.25, 0.3) is 0 Å². The van der Waals surface area contributed by atoms with Gasteiger partial charge in [0.05, 0.1) is 11.3 Å². The number of rotatable bonds is 9. The molecule has 1 aromatic rings. The van der Waals surface area contributed by atoms with Gasteiger partial charge in [0, 0.05) is 13.1 Å². The van der Waals surface area contributed by atoms with Crippen molar-refractivity contribution in [2.24, 2.45) is 0 Å². The third-order valence-corrected chi connectivity index (χ3v) is 5.55. The van der Waals surface area contributed by atoms with E-state index < -0.39 is 16.0 Å². The van der Waals surface area contributed by atoms with Crippen molar-refractivity contribution in [1.29, 1.82) is 0 Å². The van der Waals surface area contributed by atoms with Crippen LogP contribution >= 0.6 is 0 Å².